The number of carbonyl (C=O) groups excluding carboxylic acids is 4. The quantitative estimate of drug-likeness (QED) is 0.0772. The first kappa shape index (κ1) is 42.3. The number of methoxy groups -OCH3 is 2. The van der Waals surface area contributed by atoms with Gasteiger partial charge in [-0.25, -0.2) is 0 Å². The molecule has 0 saturated carbocycles. The maximum Gasteiger partial charge on any atom is 0.243 e. The van der Waals surface area contributed by atoms with Crippen LogP contribution in [0.4, 0.5) is 0 Å². The molecule has 0 fully saturated rings. The third-order valence-corrected chi connectivity index (χ3v) is 8.14. The summed E-state index contributed by atoms with van der Waals surface area (Å²) < 4.78 is 10.0. The molecule has 2 aromatic carbocycles. The van der Waals surface area contributed by atoms with E-state index in [1.807, 2.05) is 88.4 Å². The van der Waals surface area contributed by atoms with Crippen LogP contribution in [0.15, 0.2) is 60.7 Å². The highest BCUT2D eigenvalue weighted by molar-refractivity contribution is 5.89. The third-order valence-electron chi connectivity index (χ3n) is 8.14. The number of ether oxygens (including phenoxy) is 2. The lowest BCUT2D eigenvalue weighted by atomic mass is 9.91. The van der Waals surface area contributed by atoms with Crippen molar-refractivity contribution < 1.29 is 33.8 Å². The number of benzene rings is 2. The number of nitrogens with one attached hydrogen (secondary N) is 6. The van der Waals surface area contributed by atoms with Gasteiger partial charge in [-0.05, 0) is 35.8 Å². The summed E-state index contributed by atoms with van der Waals surface area (Å²) in [6.07, 6.45) is -0.755. The minimum atomic E-state index is -1.26. The number of rotatable bonds is 24. The Morgan fingerprint density at radius 2 is 0.960 bits per heavy atom. The van der Waals surface area contributed by atoms with Crippen molar-refractivity contribution in [3.05, 3.63) is 71.8 Å². The molecule has 0 aliphatic heterocycles. The van der Waals surface area contributed by atoms with Gasteiger partial charge in [0.2, 0.25) is 23.6 Å². The molecule has 0 spiro atoms. The van der Waals surface area contributed by atoms with Gasteiger partial charge in [-0.1, -0.05) is 88.4 Å². The van der Waals surface area contributed by atoms with Crippen LogP contribution in [-0.2, 0) is 41.5 Å². The maximum absolute atomic E-state index is 13.8. The Balaban J connectivity index is 2.35. The van der Waals surface area contributed by atoms with Gasteiger partial charge in [0.1, 0.15) is 12.1 Å². The highest BCUT2D eigenvalue weighted by Gasteiger charge is 2.35. The van der Waals surface area contributed by atoms with Crippen molar-refractivity contribution in [2.75, 3.05) is 53.6 Å². The zero-order valence-electron chi connectivity index (χ0n) is 30.4. The summed E-state index contributed by atoms with van der Waals surface area (Å²) in [5.41, 5.74) is 1.73. The van der Waals surface area contributed by atoms with Gasteiger partial charge in [-0.2, -0.15) is 0 Å². The first-order chi connectivity index (χ1) is 24.0. The summed E-state index contributed by atoms with van der Waals surface area (Å²) in [7, 11) is 3.14. The van der Waals surface area contributed by atoms with Crippen LogP contribution in [0.1, 0.15) is 38.8 Å². The van der Waals surface area contributed by atoms with Crippen LogP contribution in [0.2, 0.25) is 0 Å². The van der Waals surface area contributed by atoms with Crippen LogP contribution >= 0.6 is 0 Å². The number of hydrogen-bond acceptors (Lipinski definition) is 9. The highest BCUT2D eigenvalue weighted by atomic mass is 16.5. The van der Waals surface area contributed by atoms with Gasteiger partial charge in [0.25, 0.3) is 0 Å². The molecule has 13 nitrogen and oxygen atoms in total. The molecule has 7 N–H and O–H groups in total. The van der Waals surface area contributed by atoms with E-state index >= 15 is 0 Å². The smallest absolute Gasteiger partial charge is 0.243 e. The third kappa shape index (κ3) is 15.8. The maximum atomic E-state index is 13.8. The first-order valence-corrected chi connectivity index (χ1v) is 17.3. The molecule has 50 heavy (non-hydrogen) atoms. The molecule has 0 aromatic heterocycles. The molecule has 278 valence electrons. The Labute approximate surface area is 297 Å². The second-order valence-corrected chi connectivity index (χ2v) is 13.0. The number of aliphatic hydroxyl groups excluding tert-OH is 1. The normalized spacial score (nSPS) is 14.3. The SMILES string of the molecule is COCCNCC(=O)N[C@H](C(=O)NC(Cc1ccccc1)C(O)C(Cc1ccccc1)NC(=O)[C@@H](NC(=O)CNCCOC)C(C)C)C(C)C. The van der Waals surface area contributed by atoms with Gasteiger partial charge in [0.15, 0.2) is 0 Å². The van der Waals surface area contributed by atoms with Crippen LogP contribution in [0, 0.1) is 11.8 Å². The molecule has 0 bridgehead atoms. The van der Waals surface area contributed by atoms with Crippen molar-refractivity contribution in [1.29, 1.82) is 0 Å². The van der Waals surface area contributed by atoms with Crippen molar-refractivity contribution in [1.82, 2.24) is 31.9 Å². The molecular weight excluding hydrogens is 640 g/mol. The van der Waals surface area contributed by atoms with Gasteiger partial charge in [-0.3, -0.25) is 19.2 Å². The Hall–Kier alpha value is -3.88. The van der Waals surface area contributed by atoms with Crippen molar-refractivity contribution >= 4 is 23.6 Å². The number of hydrogen-bond donors (Lipinski definition) is 7. The molecule has 0 saturated heterocycles. The molecule has 4 atom stereocenters. The molecule has 0 aliphatic carbocycles. The van der Waals surface area contributed by atoms with Gasteiger partial charge < -0.3 is 46.5 Å². The van der Waals surface area contributed by atoms with Crippen molar-refractivity contribution in [3.63, 3.8) is 0 Å². The molecule has 13 heteroatoms. The van der Waals surface area contributed by atoms with Crippen LogP contribution < -0.4 is 31.9 Å². The standard InChI is InChI=1S/C37H58N6O7/c1-25(2)33(42-31(44)23-38-17-19-49-5)36(47)40-29(21-27-13-9-7-10-14-27)35(46)30(22-28-15-11-8-12-16-28)41-37(48)34(26(3)4)43-32(45)24-39-18-20-50-6/h7-16,25-26,29-30,33-35,38-39,46H,17-24H2,1-6H3,(H,40,47)(H,41,48)(H,42,44)(H,43,45)/t29?,30?,33-,34-,35?/m0/s1. The van der Waals surface area contributed by atoms with Crippen molar-refractivity contribution in [3.8, 4) is 0 Å². The van der Waals surface area contributed by atoms with Gasteiger partial charge in [0.05, 0.1) is 44.5 Å². The number of aliphatic hydroxyl groups is 1. The zero-order chi connectivity index (χ0) is 36.9. The highest BCUT2D eigenvalue weighted by Crippen LogP contribution is 2.16. The predicted molar refractivity (Wildman–Crippen MR) is 193 cm³/mol. The van der Waals surface area contributed by atoms with Gasteiger partial charge in [0, 0.05) is 27.3 Å². The summed E-state index contributed by atoms with van der Waals surface area (Å²) in [5, 5.41) is 29.7. The Morgan fingerprint density at radius 3 is 1.28 bits per heavy atom. The summed E-state index contributed by atoms with van der Waals surface area (Å²) in [6, 6.07) is 15.4. The van der Waals surface area contributed by atoms with Crippen molar-refractivity contribution in [2.24, 2.45) is 11.8 Å². The van der Waals surface area contributed by atoms with Crippen LogP contribution in [0.25, 0.3) is 0 Å². The topological polar surface area (TPSA) is 179 Å². The number of amides is 4. The largest absolute Gasteiger partial charge is 0.389 e. The van der Waals surface area contributed by atoms with E-state index in [0.717, 1.165) is 11.1 Å². The minimum Gasteiger partial charge on any atom is -0.389 e. The van der Waals surface area contributed by atoms with Gasteiger partial charge in [-0.15, -0.1) is 0 Å². The van der Waals surface area contributed by atoms with Gasteiger partial charge >= 0.3 is 0 Å². The van der Waals surface area contributed by atoms with E-state index in [1.165, 1.54) is 0 Å². The van der Waals surface area contributed by atoms with Crippen LogP contribution in [0.5, 0.6) is 0 Å². The van der Waals surface area contributed by atoms with Crippen LogP contribution in [0.3, 0.4) is 0 Å². The second-order valence-electron chi connectivity index (χ2n) is 13.0. The first-order valence-electron chi connectivity index (χ1n) is 17.3. The van der Waals surface area contributed by atoms with E-state index in [0.29, 0.717) is 26.3 Å². The summed E-state index contributed by atoms with van der Waals surface area (Å²) in [5.74, 6) is -2.12. The lowest BCUT2D eigenvalue weighted by Gasteiger charge is -2.34. The van der Waals surface area contributed by atoms with E-state index in [9.17, 15) is 24.3 Å². The van der Waals surface area contributed by atoms with E-state index in [-0.39, 0.29) is 49.6 Å². The summed E-state index contributed by atoms with van der Waals surface area (Å²) in [4.78, 5) is 53.1. The van der Waals surface area contributed by atoms with E-state index in [2.05, 4.69) is 31.9 Å². The molecule has 0 aliphatic rings. The molecule has 2 unspecified atom stereocenters. The van der Waals surface area contributed by atoms with E-state index in [1.54, 1.807) is 14.2 Å². The monoisotopic (exact) mass is 698 g/mol. The summed E-state index contributed by atoms with van der Waals surface area (Å²) >= 11 is 0. The average Bonchev–Trinajstić information content (AvgIpc) is 3.09. The lowest BCUT2D eigenvalue weighted by Crippen LogP contribution is -2.61. The molecule has 0 heterocycles. The van der Waals surface area contributed by atoms with E-state index < -0.39 is 42.1 Å². The summed E-state index contributed by atoms with van der Waals surface area (Å²) in [6.45, 7) is 9.19. The Bertz CT molecular complexity index is 1180. The Morgan fingerprint density at radius 1 is 0.600 bits per heavy atom. The predicted octanol–water partition coefficient (Wildman–Crippen LogP) is 0.556. The lowest BCUT2D eigenvalue weighted by molar-refractivity contribution is -0.132. The van der Waals surface area contributed by atoms with Crippen LogP contribution in [-0.4, -0.2) is 113 Å². The fraction of sp³-hybridized carbons (Fsp3) is 0.568. The zero-order valence-corrected chi connectivity index (χ0v) is 30.4. The fourth-order valence-corrected chi connectivity index (χ4v) is 5.35. The average molecular weight is 699 g/mol. The Kier molecular flexibility index (Phi) is 19.9. The molecule has 2 rings (SSSR count). The van der Waals surface area contributed by atoms with Crippen molar-refractivity contribution in [2.45, 2.75) is 70.8 Å². The number of carbonyl (C=O) groups is 4. The minimum absolute atomic E-state index is 0.0118. The van der Waals surface area contributed by atoms with E-state index in [4.69, 9.17) is 9.47 Å². The molecular formula is C37H58N6O7. The fourth-order valence-electron chi connectivity index (χ4n) is 5.35. The molecule has 4 amide bonds. The molecule has 2 aromatic rings. The molecule has 0 radical (unpaired) electrons. The second kappa shape index (κ2) is 23.5.